The van der Waals surface area contributed by atoms with E-state index in [0.29, 0.717) is 0 Å². The molecule has 0 bridgehead atoms. The molecular weight excluding hydrogens is 192 g/mol. The van der Waals surface area contributed by atoms with Crippen molar-refractivity contribution in [3.8, 4) is 10.4 Å². The van der Waals surface area contributed by atoms with E-state index in [1.165, 1.54) is 15.0 Å². The summed E-state index contributed by atoms with van der Waals surface area (Å²) in [5.41, 5.74) is 1.03. The average molecular weight is 199 g/mol. The van der Waals surface area contributed by atoms with Crippen LogP contribution in [0.2, 0.25) is 0 Å². The minimum atomic E-state index is 1.03. The van der Waals surface area contributed by atoms with Crippen LogP contribution in [0.5, 0.6) is 0 Å². The standard InChI is InChI=1S/C12H7OS/c1-2-4-11-9(3-1)7-12(14-11)10-5-6-13-8-10/h1-7H. The third kappa shape index (κ3) is 1.16. The highest BCUT2D eigenvalue weighted by atomic mass is 32.1. The van der Waals surface area contributed by atoms with Crippen molar-refractivity contribution >= 4 is 21.4 Å². The van der Waals surface area contributed by atoms with Crippen molar-refractivity contribution in [1.82, 2.24) is 0 Å². The molecular formula is C12H7OS. The summed E-state index contributed by atoms with van der Waals surface area (Å²) >= 11 is 1.76. The lowest BCUT2D eigenvalue weighted by molar-refractivity contribution is 0.559. The van der Waals surface area contributed by atoms with Crippen LogP contribution < -0.4 is 0 Å². The molecule has 2 aromatic heterocycles. The number of hydrogen-bond donors (Lipinski definition) is 0. The third-order valence-electron chi connectivity index (χ3n) is 2.16. The Balaban J connectivity index is 2.24. The molecule has 1 aromatic carbocycles. The Bertz CT molecular complexity index is 515. The lowest BCUT2D eigenvalue weighted by atomic mass is 10.2. The minimum absolute atomic E-state index is 1.03. The monoisotopic (exact) mass is 199 g/mol. The van der Waals surface area contributed by atoms with Crippen molar-refractivity contribution in [1.29, 1.82) is 0 Å². The molecule has 0 spiro atoms. The zero-order chi connectivity index (χ0) is 9.38. The van der Waals surface area contributed by atoms with Gasteiger partial charge < -0.3 is 4.42 Å². The molecule has 1 radical (unpaired) electrons. The Morgan fingerprint density at radius 3 is 2.86 bits per heavy atom. The summed E-state index contributed by atoms with van der Waals surface area (Å²) in [6, 6.07) is 12.5. The summed E-state index contributed by atoms with van der Waals surface area (Å²) in [5.74, 6) is 0. The van der Waals surface area contributed by atoms with Gasteiger partial charge in [0.15, 0.2) is 6.26 Å². The van der Waals surface area contributed by atoms with Gasteiger partial charge in [-0.15, -0.1) is 11.3 Å². The first-order chi connectivity index (χ1) is 6.93. The number of thiophene rings is 1. The SMILES string of the molecule is [c]1occc1-c1cc2ccccc2s1. The normalized spacial score (nSPS) is 10.9. The van der Waals surface area contributed by atoms with Crippen molar-refractivity contribution in [3.63, 3.8) is 0 Å². The summed E-state index contributed by atoms with van der Waals surface area (Å²) < 4.78 is 6.25. The Morgan fingerprint density at radius 2 is 2.07 bits per heavy atom. The molecule has 1 nitrogen and oxygen atoms in total. The van der Waals surface area contributed by atoms with Gasteiger partial charge in [-0.2, -0.15) is 0 Å². The van der Waals surface area contributed by atoms with Crippen LogP contribution in [0.15, 0.2) is 47.1 Å². The summed E-state index contributed by atoms with van der Waals surface area (Å²) in [6.07, 6.45) is 4.50. The molecule has 0 aliphatic carbocycles. The van der Waals surface area contributed by atoms with E-state index in [2.05, 4.69) is 36.6 Å². The van der Waals surface area contributed by atoms with Crippen LogP contribution in [-0.4, -0.2) is 0 Å². The van der Waals surface area contributed by atoms with Crippen molar-refractivity contribution < 1.29 is 4.42 Å². The van der Waals surface area contributed by atoms with E-state index in [4.69, 9.17) is 4.42 Å². The van der Waals surface area contributed by atoms with Gasteiger partial charge in [-0.3, -0.25) is 0 Å². The van der Waals surface area contributed by atoms with E-state index in [1.807, 2.05) is 6.07 Å². The van der Waals surface area contributed by atoms with Crippen LogP contribution in [0.3, 0.4) is 0 Å². The van der Waals surface area contributed by atoms with Gasteiger partial charge in [-0.25, -0.2) is 0 Å². The van der Waals surface area contributed by atoms with Crippen LogP contribution in [-0.2, 0) is 0 Å². The molecule has 0 aliphatic heterocycles. The Morgan fingerprint density at radius 1 is 1.14 bits per heavy atom. The third-order valence-corrected chi connectivity index (χ3v) is 3.31. The van der Waals surface area contributed by atoms with E-state index in [-0.39, 0.29) is 0 Å². The average Bonchev–Trinajstić information content (AvgIpc) is 2.86. The minimum Gasteiger partial charge on any atom is -0.460 e. The Kier molecular flexibility index (Phi) is 1.67. The molecule has 2 heterocycles. The molecule has 2 heteroatoms. The maximum absolute atomic E-state index is 4.95. The van der Waals surface area contributed by atoms with Crippen molar-refractivity contribution in [3.05, 3.63) is 48.9 Å². The molecule has 0 unspecified atom stereocenters. The maximum atomic E-state index is 4.95. The van der Waals surface area contributed by atoms with Crippen molar-refractivity contribution in [2.45, 2.75) is 0 Å². The highest BCUT2D eigenvalue weighted by molar-refractivity contribution is 7.22. The molecule has 3 rings (SSSR count). The zero-order valence-electron chi connectivity index (χ0n) is 7.36. The van der Waals surface area contributed by atoms with E-state index in [1.54, 1.807) is 17.6 Å². The number of furan rings is 1. The fourth-order valence-electron chi connectivity index (χ4n) is 1.48. The molecule has 0 atom stereocenters. The second-order valence-electron chi connectivity index (χ2n) is 3.08. The van der Waals surface area contributed by atoms with Gasteiger partial charge in [-0.05, 0) is 23.6 Å². The van der Waals surface area contributed by atoms with Gasteiger partial charge in [0.1, 0.15) is 0 Å². The molecule has 0 aliphatic rings. The lowest BCUT2D eigenvalue weighted by Gasteiger charge is -1.83. The zero-order valence-corrected chi connectivity index (χ0v) is 8.17. The topological polar surface area (TPSA) is 13.1 Å². The second-order valence-corrected chi connectivity index (χ2v) is 4.17. The first-order valence-corrected chi connectivity index (χ1v) is 5.19. The fourth-order valence-corrected chi connectivity index (χ4v) is 2.51. The number of hydrogen-bond acceptors (Lipinski definition) is 2. The molecule has 0 fully saturated rings. The predicted molar refractivity (Wildman–Crippen MR) is 58.4 cm³/mol. The maximum Gasteiger partial charge on any atom is 0.178 e. The smallest absolute Gasteiger partial charge is 0.178 e. The fraction of sp³-hybridized carbons (Fsp3) is 0. The summed E-state index contributed by atoms with van der Waals surface area (Å²) in [5, 5.41) is 1.28. The predicted octanol–water partition coefficient (Wildman–Crippen LogP) is 3.96. The van der Waals surface area contributed by atoms with Crippen LogP contribution in [0.1, 0.15) is 0 Å². The number of rotatable bonds is 1. The van der Waals surface area contributed by atoms with Gasteiger partial charge in [0.25, 0.3) is 0 Å². The summed E-state index contributed by atoms with van der Waals surface area (Å²) in [6.45, 7) is 0. The highest BCUT2D eigenvalue weighted by Gasteiger charge is 2.04. The van der Waals surface area contributed by atoms with Gasteiger partial charge in [0, 0.05) is 15.1 Å². The summed E-state index contributed by atoms with van der Waals surface area (Å²) in [7, 11) is 0. The van der Waals surface area contributed by atoms with Crippen LogP contribution >= 0.6 is 11.3 Å². The Hall–Kier alpha value is -1.54. The molecule has 0 saturated heterocycles. The quantitative estimate of drug-likeness (QED) is 0.578. The Labute approximate surface area is 85.6 Å². The van der Waals surface area contributed by atoms with Gasteiger partial charge in [0.05, 0.1) is 6.26 Å². The largest absolute Gasteiger partial charge is 0.460 e. The highest BCUT2D eigenvalue weighted by Crippen LogP contribution is 2.32. The van der Waals surface area contributed by atoms with E-state index in [0.717, 1.165) is 5.56 Å². The van der Waals surface area contributed by atoms with Crippen LogP contribution in [0, 0.1) is 6.26 Å². The van der Waals surface area contributed by atoms with Crippen molar-refractivity contribution in [2.75, 3.05) is 0 Å². The van der Waals surface area contributed by atoms with Gasteiger partial charge in [0.2, 0.25) is 0 Å². The molecule has 3 aromatic rings. The van der Waals surface area contributed by atoms with E-state index >= 15 is 0 Å². The first kappa shape index (κ1) is 7.83. The molecule has 0 saturated carbocycles. The molecule has 14 heavy (non-hydrogen) atoms. The lowest BCUT2D eigenvalue weighted by Crippen LogP contribution is -1.60. The first-order valence-electron chi connectivity index (χ1n) is 4.37. The molecule has 0 amide bonds. The van der Waals surface area contributed by atoms with E-state index in [9.17, 15) is 0 Å². The second kappa shape index (κ2) is 3.00. The number of fused-ring (bicyclic) bond motifs is 1. The summed E-state index contributed by atoms with van der Waals surface area (Å²) in [4.78, 5) is 1.21. The molecule has 67 valence electrons. The number of benzene rings is 1. The molecule has 0 N–H and O–H groups in total. The van der Waals surface area contributed by atoms with Gasteiger partial charge in [-0.1, -0.05) is 18.2 Å². The van der Waals surface area contributed by atoms with Gasteiger partial charge >= 0.3 is 0 Å². The van der Waals surface area contributed by atoms with E-state index < -0.39 is 0 Å². The van der Waals surface area contributed by atoms with Crippen LogP contribution in [0.25, 0.3) is 20.5 Å². The van der Waals surface area contributed by atoms with Crippen LogP contribution in [0.4, 0.5) is 0 Å². The van der Waals surface area contributed by atoms with Crippen molar-refractivity contribution in [2.24, 2.45) is 0 Å².